The van der Waals surface area contributed by atoms with Crippen LogP contribution in [0.25, 0.3) is 10.9 Å². The maximum absolute atomic E-state index is 13.3. The third kappa shape index (κ3) is 4.32. The molecule has 1 aromatic carbocycles. The van der Waals surface area contributed by atoms with E-state index < -0.39 is 36.5 Å². The zero-order chi connectivity index (χ0) is 23.0. The Balaban J connectivity index is 1.56. The molecule has 32 heavy (non-hydrogen) atoms. The summed E-state index contributed by atoms with van der Waals surface area (Å²) < 4.78 is 41.4. The third-order valence-corrected chi connectivity index (χ3v) is 5.82. The number of imide groups is 1. The van der Waals surface area contributed by atoms with Crippen LogP contribution in [0.2, 0.25) is 0 Å². The molecule has 3 heterocycles. The second-order valence-corrected chi connectivity index (χ2v) is 7.99. The highest BCUT2D eigenvalue weighted by molar-refractivity contribution is 6.05. The Morgan fingerprint density at radius 1 is 1.31 bits per heavy atom. The predicted molar refractivity (Wildman–Crippen MR) is 109 cm³/mol. The van der Waals surface area contributed by atoms with Crippen molar-refractivity contribution in [2.75, 3.05) is 31.5 Å². The van der Waals surface area contributed by atoms with Gasteiger partial charge in [-0.05, 0) is 12.5 Å². The molecule has 0 bridgehead atoms. The van der Waals surface area contributed by atoms with Gasteiger partial charge in [-0.25, -0.2) is 0 Å². The second kappa shape index (κ2) is 8.51. The molecule has 12 heteroatoms. The van der Waals surface area contributed by atoms with E-state index in [0.29, 0.717) is 35.2 Å². The van der Waals surface area contributed by atoms with Gasteiger partial charge in [-0.15, -0.1) is 0 Å². The first kappa shape index (κ1) is 22.2. The number of halogens is 3. The van der Waals surface area contributed by atoms with E-state index in [2.05, 4.69) is 21.0 Å². The summed E-state index contributed by atoms with van der Waals surface area (Å²) in [5, 5.41) is 12.8. The number of aromatic nitrogens is 2. The Hall–Kier alpha value is -2.99. The van der Waals surface area contributed by atoms with Crippen LogP contribution >= 0.6 is 0 Å². The van der Waals surface area contributed by atoms with Gasteiger partial charge in [0.15, 0.2) is 0 Å². The Labute approximate surface area is 181 Å². The number of aryl methyl sites for hydroxylation is 1. The topological polar surface area (TPSA) is 108 Å². The molecule has 2 aliphatic heterocycles. The number of carbonyl (C=O) groups excluding carboxylic acids is 3. The van der Waals surface area contributed by atoms with Crippen LogP contribution in [-0.2, 0) is 21.4 Å². The van der Waals surface area contributed by atoms with Crippen molar-refractivity contribution < 1.29 is 27.6 Å². The van der Waals surface area contributed by atoms with E-state index in [4.69, 9.17) is 0 Å². The molecule has 2 saturated heterocycles. The molecule has 4 rings (SSSR count). The summed E-state index contributed by atoms with van der Waals surface area (Å²) in [5.41, 5.74) is 1.43. The number of piperidine rings is 1. The summed E-state index contributed by atoms with van der Waals surface area (Å²) in [4.78, 5) is 37.5. The smallest absolute Gasteiger partial charge is 0.323 e. The molecule has 2 fully saturated rings. The lowest BCUT2D eigenvalue weighted by molar-refractivity contribution is -0.187. The lowest BCUT2D eigenvalue weighted by Gasteiger charge is -2.36. The van der Waals surface area contributed by atoms with Crippen molar-refractivity contribution in [2.24, 2.45) is 7.05 Å². The van der Waals surface area contributed by atoms with Crippen molar-refractivity contribution in [3.05, 3.63) is 23.9 Å². The largest absolute Gasteiger partial charge is 0.405 e. The van der Waals surface area contributed by atoms with Gasteiger partial charge in [0.25, 0.3) is 0 Å². The van der Waals surface area contributed by atoms with Gasteiger partial charge < -0.3 is 10.6 Å². The average Bonchev–Trinajstić information content (AvgIpc) is 3.05. The SMILES string of the molecule is Cn1nc(C2CCC(=O)NC2=O)c2cccc(NC(=O)CN3CCNC[C@@H]3C(F)(F)F)c21. The highest BCUT2D eigenvalue weighted by Crippen LogP contribution is 2.33. The number of alkyl halides is 3. The monoisotopic (exact) mass is 452 g/mol. The minimum absolute atomic E-state index is 0.104. The van der Waals surface area contributed by atoms with E-state index in [1.165, 1.54) is 4.68 Å². The molecular formula is C20H23F3N6O3. The number of para-hydroxylation sites is 1. The zero-order valence-corrected chi connectivity index (χ0v) is 17.3. The zero-order valence-electron chi connectivity index (χ0n) is 17.3. The van der Waals surface area contributed by atoms with Crippen LogP contribution in [0.1, 0.15) is 24.5 Å². The van der Waals surface area contributed by atoms with Crippen molar-refractivity contribution in [1.29, 1.82) is 0 Å². The van der Waals surface area contributed by atoms with E-state index in [1.807, 2.05) is 0 Å². The molecule has 3 N–H and O–H groups in total. The van der Waals surface area contributed by atoms with Crippen molar-refractivity contribution >= 4 is 34.3 Å². The second-order valence-electron chi connectivity index (χ2n) is 7.99. The maximum Gasteiger partial charge on any atom is 0.405 e. The molecule has 2 aliphatic rings. The van der Waals surface area contributed by atoms with Gasteiger partial charge in [0.2, 0.25) is 17.7 Å². The van der Waals surface area contributed by atoms with Gasteiger partial charge >= 0.3 is 6.18 Å². The van der Waals surface area contributed by atoms with Gasteiger partial charge in [0.05, 0.1) is 29.4 Å². The lowest BCUT2D eigenvalue weighted by atomic mass is 9.92. The first-order chi connectivity index (χ1) is 15.1. The van der Waals surface area contributed by atoms with Gasteiger partial charge in [0.1, 0.15) is 6.04 Å². The van der Waals surface area contributed by atoms with Crippen LogP contribution in [0, 0.1) is 0 Å². The van der Waals surface area contributed by atoms with Gasteiger partial charge in [-0.2, -0.15) is 18.3 Å². The minimum Gasteiger partial charge on any atom is -0.323 e. The molecule has 0 spiro atoms. The van der Waals surface area contributed by atoms with Gasteiger partial charge in [0, 0.05) is 38.5 Å². The molecule has 0 radical (unpaired) electrons. The number of carbonyl (C=O) groups is 3. The number of nitrogens with zero attached hydrogens (tertiary/aromatic N) is 3. The number of fused-ring (bicyclic) bond motifs is 1. The average molecular weight is 452 g/mol. The highest BCUT2D eigenvalue weighted by atomic mass is 19.4. The summed E-state index contributed by atoms with van der Waals surface area (Å²) in [6, 6.07) is 3.34. The summed E-state index contributed by atoms with van der Waals surface area (Å²) in [6.07, 6.45) is -3.90. The van der Waals surface area contributed by atoms with Crippen LogP contribution < -0.4 is 16.0 Å². The molecule has 1 unspecified atom stereocenters. The number of hydrogen-bond donors (Lipinski definition) is 3. The van der Waals surface area contributed by atoms with Crippen LogP contribution in [0.5, 0.6) is 0 Å². The molecule has 2 aromatic rings. The van der Waals surface area contributed by atoms with Crippen LogP contribution in [-0.4, -0.2) is 70.8 Å². The molecule has 1 aromatic heterocycles. The summed E-state index contributed by atoms with van der Waals surface area (Å²) in [5.74, 6) is -1.93. The van der Waals surface area contributed by atoms with E-state index >= 15 is 0 Å². The van der Waals surface area contributed by atoms with Crippen LogP contribution in [0.15, 0.2) is 18.2 Å². The standard InChI is InChI=1S/C20H23F3N6O3/c1-28-18-11(17(27-28)12-5-6-15(30)26-19(12)32)3-2-4-13(18)25-16(31)10-29-8-7-24-9-14(29)20(21,22)23/h2-4,12,14,24H,5-10H2,1H3,(H,25,31)(H,26,30,32)/t12?,14-/m1/s1. The summed E-state index contributed by atoms with van der Waals surface area (Å²) in [6.45, 7) is -0.191. The number of amides is 3. The van der Waals surface area contributed by atoms with Crippen LogP contribution in [0.3, 0.4) is 0 Å². The number of nitrogens with one attached hydrogen (secondary N) is 3. The van der Waals surface area contributed by atoms with E-state index in [-0.39, 0.29) is 25.4 Å². The number of piperazine rings is 1. The summed E-state index contributed by atoms with van der Waals surface area (Å²) in [7, 11) is 1.66. The highest BCUT2D eigenvalue weighted by Gasteiger charge is 2.45. The normalized spacial score (nSPS) is 22.8. The summed E-state index contributed by atoms with van der Waals surface area (Å²) >= 11 is 0. The number of hydrogen-bond acceptors (Lipinski definition) is 6. The van der Waals surface area contributed by atoms with Gasteiger partial charge in [-0.1, -0.05) is 12.1 Å². The van der Waals surface area contributed by atoms with Crippen LogP contribution in [0.4, 0.5) is 18.9 Å². The molecule has 2 atom stereocenters. The first-order valence-corrected chi connectivity index (χ1v) is 10.3. The van der Waals surface area contributed by atoms with Gasteiger partial charge in [-0.3, -0.25) is 29.3 Å². The third-order valence-electron chi connectivity index (χ3n) is 5.82. The fraction of sp³-hybridized carbons (Fsp3) is 0.500. The molecule has 0 saturated carbocycles. The Morgan fingerprint density at radius 3 is 2.81 bits per heavy atom. The Morgan fingerprint density at radius 2 is 2.09 bits per heavy atom. The molecule has 3 amide bonds. The Bertz CT molecular complexity index is 1070. The first-order valence-electron chi connectivity index (χ1n) is 10.3. The van der Waals surface area contributed by atoms with Crippen molar-refractivity contribution in [1.82, 2.24) is 25.3 Å². The predicted octanol–water partition coefficient (Wildman–Crippen LogP) is 0.868. The fourth-order valence-electron chi connectivity index (χ4n) is 4.31. The Kier molecular flexibility index (Phi) is 5.91. The van der Waals surface area contributed by atoms with Crippen molar-refractivity contribution in [3.8, 4) is 0 Å². The lowest BCUT2D eigenvalue weighted by Crippen LogP contribution is -2.59. The van der Waals surface area contributed by atoms with Crippen molar-refractivity contribution in [2.45, 2.75) is 31.0 Å². The molecule has 9 nitrogen and oxygen atoms in total. The minimum atomic E-state index is -4.44. The van der Waals surface area contributed by atoms with E-state index in [1.54, 1.807) is 25.2 Å². The molecule has 172 valence electrons. The van der Waals surface area contributed by atoms with Crippen molar-refractivity contribution in [3.63, 3.8) is 0 Å². The number of anilines is 1. The quantitative estimate of drug-likeness (QED) is 0.595. The number of benzene rings is 1. The molecule has 0 aliphatic carbocycles. The van der Waals surface area contributed by atoms with E-state index in [9.17, 15) is 27.6 Å². The van der Waals surface area contributed by atoms with E-state index in [0.717, 1.165) is 4.90 Å². The molecular weight excluding hydrogens is 429 g/mol. The fourth-order valence-corrected chi connectivity index (χ4v) is 4.31. The number of rotatable bonds is 4. The maximum atomic E-state index is 13.3.